The molecule has 3 N–H and O–H groups in total. The quantitative estimate of drug-likeness (QED) is 0.0244. The molecule has 0 fully saturated rings. The number of esters is 1. The zero-order valence-corrected chi connectivity index (χ0v) is 45.0. The highest BCUT2D eigenvalue weighted by atomic mass is 16.5. The van der Waals surface area contributed by atoms with E-state index in [1.165, 1.54) is 180 Å². The Morgan fingerprint density at radius 2 is 0.824 bits per heavy atom. The molecule has 0 aliphatic carbocycles. The van der Waals surface area contributed by atoms with E-state index in [1.807, 2.05) is 48.6 Å². The Balaban J connectivity index is 4.56. The fourth-order valence-corrected chi connectivity index (χ4v) is 8.75. The van der Waals surface area contributed by atoms with Crippen LogP contribution in [0.1, 0.15) is 284 Å². The van der Waals surface area contributed by atoms with Crippen molar-refractivity contribution in [1.29, 1.82) is 0 Å². The van der Waals surface area contributed by atoms with Gasteiger partial charge in [0.2, 0.25) is 5.91 Å². The number of aliphatic hydroxyl groups excluding tert-OH is 2. The molecule has 0 rings (SSSR count). The van der Waals surface area contributed by atoms with Crippen LogP contribution in [0.15, 0.2) is 72.9 Å². The molecule has 0 spiro atoms. The third kappa shape index (κ3) is 49.7. The molecule has 0 aliphatic rings. The number of hydrogen-bond acceptors (Lipinski definition) is 5. The van der Waals surface area contributed by atoms with Gasteiger partial charge in [0.05, 0.1) is 25.2 Å². The number of ether oxygens (including phenoxy) is 1. The van der Waals surface area contributed by atoms with E-state index in [2.05, 4.69) is 50.4 Å². The van der Waals surface area contributed by atoms with Gasteiger partial charge in [-0.1, -0.05) is 280 Å². The number of carbonyl (C=O) groups is 2. The van der Waals surface area contributed by atoms with Crippen LogP contribution in [-0.2, 0) is 14.3 Å². The molecule has 394 valence electrons. The van der Waals surface area contributed by atoms with Crippen LogP contribution in [0, 0.1) is 0 Å². The van der Waals surface area contributed by atoms with Gasteiger partial charge in [-0.2, -0.15) is 0 Å². The van der Waals surface area contributed by atoms with E-state index in [9.17, 15) is 19.8 Å². The van der Waals surface area contributed by atoms with E-state index in [-0.39, 0.29) is 24.9 Å². The first-order chi connectivity index (χ1) is 33.5. The summed E-state index contributed by atoms with van der Waals surface area (Å²) in [4.78, 5) is 26.2. The predicted molar refractivity (Wildman–Crippen MR) is 296 cm³/mol. The second kappa shape index (κ2) is 55.2. The number of amides is 1. The average molecular weight is 951 g/mol. The number of nitrogens with one attached hydrogen (secondary N) is 1. The van der Waals surface area contributed by atoms with E-state index in [1.54, 1.807) is 0 Å². The van der Waals surface area contributed by atoms with Crippen LogP contribution in [0.25, 0.3) is 0 Å². The van der Waals surface area contributed by atoms with Gasteiger partial charge in [-0.25, -0.2) is 0 Å². The molecule has 0 heterocycles. The molecule has 0 bridgehead atoms. The molecular weight excluding hydrogens is 839 g/mol. The standard InChI is InChI=1S/C62H111NO5/c1-4-7-10-13-16-19-22-25-27-29-30-32-34-37-40-43-46-49-52-55-62(67)68-58(53-50-47-44-41-38-35-24-21-18-15-12-9-6-3)56-61(66)63-59(57-64)60(65)54-51-48-45-42-39-36-33-31-28-26-23-20-17-14-11-8-5-2/h9,12,15,18,21,24-25,27,35,38,41,44,58-60,64-65H,4-8,10-11,13-14,16-17,19-20,22-23,26,28-34,36-37,39-40,42-43,45-57H2,1-3H3,(H,63,66)/b12-9+,18-15+,24-21-,27-25+,38-35-,44-41+. The summed E-state index contributed by atoms with van der Waals surface area (Å²) in [5, 5.41) is 23.9. The lowest BCUT2D eigenvalue weighted by Crippen LogP contribution is -2.46. The molecule has 0 radical (unpaired) electrons. The van der Waals surface area contributed by atoms with Crippen molar-refractivity contribution in [2.75, 3.05) is 6.61 Å². The lowest BCUT2D eigenvalue weighted by atomic mass is 10.0. The van der Waals surface area contributed by atoms with Crippen LogP contribution in [0.4, 0.5) is 0 Å². The van der Waals surface area contributed by atoms with Gasteiger partial charge in [0.1, 0.15) is 6.10 Å². The first kappa shape index (κ1) is 65.3. The number of rotatable bonds is 52. The molecule has 0 aromatic rings. The third-order valence-electron chi connectivity index (χ3n) is 13.1. The average Bonchev–Trinajstić information content (AvgIpc) is 3.33. The number of carbonyl (C=O) groups excluding carboxylic acids is 2. The van der Waals surface area contributed by atoms with Crippen molar-refractivity contribution < 1.29 is 24.5 Å². The Hall–Kier alpha value is -2.70. The summed E-state index contributed by atoms with van der Waals surface area (Å²) in [7, 11) is 0. The molecule has 0 aromatic heterocycles. The fourth-order valence-electron chi connectivity index (χ4n) is 8.75. The first-order valence-electron chi connectivity index (χ1n) is 29.2. The summed E-state index contributed by atoms with van der Waals surface area (Å²) in [6.07, 6.45) is 71.2. The summed E-state index contributed by atoms with van der Waals surface area (Å²) in [6.45, 7) is 6.34. The maximum Gasteiger partial charge on any atom is 0.306 e. The summed E-state index contributed by atoms with van der Waals surface area (Å²) < 4.78 is 5.92. The summed E-state index contributed by atoms with van der Waals surface area (Å²) >= 11 is 0. The van der Waals surface area contributed by atoms with Crippen LogP contribution >= 0.6 is 0 Å². The maximum absolute atomic E-state index is 13.3. The minimum Gasteiger partial charge on any atom is -0.462 e. The van der Waals surface area contributed by atoms with Gasteiger partial charge >= 0.3 is 5.97 Å². The van der Waals surface area contributed by atoms with E-state index in [4.69, 9.17) is 4.74 Å². The molecule has 0 aliphatic heterocycles. The Morgan fingerprint density at radius 3 is 1.26 bits per heavy atom. The maximum atomic E-state index is 13.3. The highest BCUT2D eigenvalue weighted by Crippen LogP contribution is 2.18. The fraction of sp³-hybridized carbons (Fsp3) is 0.774. The van der Waals surface area contributed by atoms with Crippen molar-refractivity contribution >= 4 is 11.9 Å². The van der Waals surface area contributed by atoms with Gasteiger partial charge in [-0.15, -0.1) is 0 Å². The number of aliphatic hydroxyl groups is 2. The van der Waals surface area contributed by atoms with Gasteiger partial charge in [0.15, 0.2) is 0 Å². The monoisotopic (exact) mass is 950 g/mol. The smallest absolute Gasteiger partial charge is 0.306 e. The molecule has 1 amide bonds. The topological polar surface area (TPSA) is 95.9 Å². The minimum absolute atomic E-state index is 0.0267. The van der Waals surface area contributed by atoms with Crippen LogP contribution in [0.5, 0.6) is 0 Å². The van der Waals surface area contributed by atoms with E-state index in [0.717, 1.165) is 57.8 Å². The van der Waals surface area contributed by atoms with Gasteiger partial charge in [-0.3, -0.25) is 9.59 Å². The zero-order chi connectivity index (χ0) is 49.5. The van der Waals surface area contributed by atoms with Crippen LogP contribution in [0.2, 0.25) is 0 Å². The van der Waals surface area contributed by atoms with Crippen LogP contribution in [0.3, 0.4) is 0 Å². The van der Waals surface area contributed by atoms with E-state index in [0.29, 0.717) is 19.3 Å². The normalized spacial score (nSPS) is 13.7. The molecular formula is C62H111NO5. The Bertz CT molecular complexity index is 1250. The molecule has 0 aromatic carbocycles. The largest absolute Gasteiger partial charge is 0.462 e. The zero-order valence-electron chi connectivity index (χ0n) is 45.0. The van der Waals surface area contributed by atoms with Crippen molar-refractivity contribution in [2.45, 2.75) is 302 Å². The molecule has 3 unspecified atom stereocenters. The highest BCUT2D eigenvalue weighted by Gasteiger charge is 2.24. The summed E-state index contributed by atoms with van der Waals surface area (Å²) in [5.41, 5.74) is 0. The van der Waals surface area contributed by atoms with Crippen molar-refractivity contribution in [3.05, 3.63) is 72.9 Å². The SMILES string of the molecule is CC/C=C/C=C/C=C\C=C/C=C/CCCC(CC(=O)NC(CO)C(O)CCCCCCCCCCCCCCCCCCC)OC(=O)CCCCCCCCCCC/C=C/CCCCCCCC. The number of hydrogen-bond donors (Lipinski definition) is 3. The molecule has 6 nitrogen and oxygen atoms in total. The Labute approximate surface area is 421 Å². The van der Waals surface area contributed by atoms with Gasteiger partial charge < -0.3 is 20.3 Å². The molecule has 3 atom stereocenters. The molecule has 0 saturated heterocycles. The number of allylic oxidation sites excluding steroid dienone is 12. The third-order valence-corrected chi connectivity index (χ3v) is 13.1. The van der Waals surface area contributed by atoms with Gasteiger partial charge in [-0.05, 0) is 64.2 Å². The number of unbranched alkanes of at least 4 members (excludes halogenated alkanes) is 32. The highest BCUT2D eigenvalue weighted by molar-refractivity contribution is 5.77. The Kier molecular flexibility index (Phi) is 53.0. The molecule has 68 heavy (non-hydrogen) atoms. The van der Waals surface area contributed by atoms with Crippen molar-refractivity contribution in [2.24, 2.45) is 0 Å². The summed E-state index contributed by atoms with van der Waals surface area (Å²) in [6, 6.07) is -0.728. The second-order valence-electron chi connectivity index (χ2n) is 19.8. The van der Waals surface area contributed by atoms with Gasteiger partial charge in [0.25, 0.3) is 0 Å². The van der Waals surface area contributed by atoms with Gasteiger partial charge in [0, 0.05) is 6.42 Å². The van der Waals surface area contributed by atoms with Crippen molar-refractivity contribution in [3.63, 3.8) is 0 Å². The van der Waals surface area contributed by atoms with Crippen molar-refractivity contribution in [3.8, 4) is 0 Å². The second-order valence-corrected chi connectivity index (χ2v) is 19.8. The summed E-state index contributed by atoms with van der Waals surface area (Å²) in [5.74, 6) is -0.543. The predicted octanol–water partition coefficient (Wildman–Crippen LogP) is 18.1. The van der Waals surface area contributed by atoms with Crippen LogP contribution < -0.4 is 5.32 Å². The molecule has 0 saturated carbocycles. The lowest BCUT2D eigenvalue weighted by Gasteiger charge is -2.24. The minimum atomic E-state index is -0.810. The van der Waals surface area contributed by atoms with E-state index < -0.39 is 18.2 Å². The van der Waals surface area contributed by atoms with Crippen LogP contribution in [-0.4, -0.2) is 46.9 Å². The first-order valence-corrected chi connectivity index (χ1v) is 29.2. The lowest BCUT2D eigenvalue weighted by molar-refractivity contribution is -0.151. The Morgan fingerprint density at radius 1 is 0.441 bits per heavy atom. The van der Waals surface area contributed by atoms with Crippen molar-refractivity contribution in [1.82, 2.24) is 5.32 Å². The molecule has 6 heteroatoms. The van der Waals surface area contributed by atoms with E-state index >= 15 is 0 Å².